The van der Waals surface area contributed by atoms with Crippen LogP contribution in [0.4, 0.5) is 4.39 Å². The van der Waals surface area contributed by atoms with E-state index in [0.29, 0.717) is 0 Å². The number of methoxy groups -OCH3 is 1. The zero-order valence-corrected chi connectivity index (χ0v) is 9.47. The van der Waals surface area contributed by atoms with Gasteiger partial charge in [-0.25, -0.2) is 4.39 Å². The summed E-state index contributed by atoms with van der Waals surface area (Å²) in [6.07, 6.45) is 1.95. The number of benzene rings is 1. The van der Waals surface area contributed by atoms with Crippen molar-refractivity contribution in [3.05, 3.63) is 28.5 Å². The van der Waals surface area contributed by atoms with Crippen molar-refractivity contribution in [2.75, 3.05) is 7.11 Å². The average molecular weight is 244 g/mol. The first-order chi connectivity index (χ1) is 7.63. The van der Waals surface area contributed by atoms with Crippen molar-refractivity contribution in [1.29, 1.82) is 0 Å². The smallest absolute Gasteiger partial charge is 0.255 e. The molecular weight excluding hydrogens is 233 g/mol. The van der Waals surface area contributed by atoms with E-state index in [9.17, 15) is 9.18 Å². The molecule has 1 aromatic rings. The minimum Gasteiger partial charge on any atom is -0.493 e. The van der Waals surface area contributed by atoms with E-state index >= 15 is 0 Å². The van der Waals surface area contributed by atoms with Crippen LogP contribution in [-0.2, 0) is 0 Å². The summed E-state index contributed by atoms with van der Waals surface area (Å²) in [6.45, 7) is 0. The number of hydrogen-bond acceptors (Lipinski definition) is 2. The zero-order chi connectivity index (χ0) is 11.7. The van der Waals surface area contributed by atoms with Gasteiger partial charge in [0.05, 0.1) is 17.7 Å². The normalized spacial score (nSPS) is 14.7. The molecule has 0 atom stereocenters. The summed E-state index contributed by atoms with van der Waals surface area (Å²) < 4.78 is 18.4. The summed E-state index contributed by atoms with van der Waals surface area (Å²) in [7, 11) is 1.31. The summed E-state index contributed by atoms with van der Waals surface area (Å²) in [5.41, 5.74) is 0.177. The molecule has 2 rings (SSSR count). The van der Waals surface area contributed by atoms with Gasteiger partial charge in [0.25, 0.3) is 5.91 Å². The molecule has 86 valence electrons. The molecular formula is C11H11ClFNO2. The predicted octanol–water partition coefficient (Wildman–Crippen LogP) is 2.38. The topological polar surface area (TPSA) is 38.3 Å². The quantitative estimate of drug-likeness (QED) is 0.885. The highest BCUT2D eigenvalue weighted by molar-refractivity contribution is 6.31. The van der Waals surface area contributed by atoms with E-state index in [-0.39, 0.29) is 28.3 Å². The number of hydrogen-bond donors (Lipinski definition) is 1. The van der Waals surface area contributed by atoms with Crippen LogP contribution in [0.3, 0.4) is 0 Å². The summed E-state index contributed by atoms with van der Waals surface area (Å²) >= 11 is 5.60. The second-order valence-corrected chi connectivity index (χ2v) is 4.10. The molecule has 1 aliphatic rings. The van der Waals surface area contributed by atoms with Crippen molar-refractivity contribution in [2.24, 2.45) is 0 Å². The maximum absolute atomic E-state index is 13.5. The minimum absolute atomic E-state index is 0.0557. The van der Waals surface area contributed by atoms with Gasteiger partial charge in [-0.3, -0.25) is 4.79 Å². The number of halogens is 2. The first-order valence-electron chi connectivity index (χ1n) is 4.96. The molecule has 1 aliphatic carbocycles. The molecule has 0 bridgehead atoms. The molecule has 0 heterocycles. The lowest BCUT2D eigenvalue weighted by Gasteiger charge is -2.10. The van der Waals surface area contributed by atoms with Crippen molar-refractivity contribution < 1.29 is 13.9 Å². The summed E-state index contributed by atoms with van der Waals surface area (Å²) in [4.78, 5) is 11.7. The number of ether oxygens (including phenoxy) is 1. The molecule has 0 aliphatic heterocycles. The second-order valence-electron chi connectivity index (χ2n) is 3.69. The first kappa shape index (κ1) is 11.2. The average Bonchev–Trinajstić information content (AvgIpc) is 3.05. The van der Waals surface area contributed by atoms with E-state index in [1.165, 1.54) is 19.2 Å². The van der Waals surface area contributed by atoms with Crippen molar-refractivity contribution in [3.63, 3.8) is 0 Å². The molecule has 1 N–H and O–H groups in total. The molecule has 16 heavy (non-hydrogen) atoms. The third-order valence-electron chi connectivity index (χ3n) is 2.41. The van der Waals surface area contributed by atoms with Gasteiger partial charge >= 0.3 is 0 Å². The third kappa shape index (κ3) is 2.11. The van der Waals surface area contributed by atoms with Crippen LogP contribution >= 0.6 is 11.6 Å². The molecule has 0 unspecified atom stereocenters. The standard InChI is InChI=1S/C11H11ClFNO2/c1-16-10-7(4-5-8(12)9(10)13)11(15)14-6-2-3-6/h4-6H,2-3H2,1H3,(H,14,15). The van der Waals surface area contributed by atoms with E-state index in [0.717, 1.165) is 12.8 Å². The van der Waals surface area contributed by atoms with Gasteiger partial charge in [0.15, 0.2) is 11.6 Å². The van der Waals surface area contributed by atoms with Crippen molar-refractivity contribution in [2.45, 2.75) is 18.9 Å². The number of carbonyl (C=O) groups excluding carboxylic acids is 1. The highest BCUT2D eigenvalue weighted by atomic mass is 35.5. The lowest BCUT2D eigenvalue weighted by atomic mass is 10.1. The van der Waals surface area contributed by atoms with Gasteiger partial charge in [0, 0.05) is 6.04 Å². The minimum atomic E-state index is -0.701. The van der Waals surface area contributed by atoms with Crippen LogP contribution < -0.4 is 10.1 Å². The Hall–Kier alpha value is -1.29. The van der Waals surface area contributed by atoms with Crippen molar-refractivity contribution >= 4 is 17.5 Å². The molecule has 1 fully saturated rings. The lowest BCUT2D eigenvalue weighted by Crippen LogP contribution is -2.26. The van der Waals surface area contributed by atoms with Gasteiger partial charge < -0.3 is 10.1 Å². The molecule has 5 heteroatoms. The maximum Gasteiger partial charge on any atom is 0.255 e. The van der Waals surface area contributed by atoms with Gasteiger partial charge in [0.2, 0.25) is 0 Å². The van der Waals surface area contributed by atoms with Crippen LogP contribution in [0, 0.1) is 5.82 Å². The highest BCUT2D eigenvalue weighted by Crippen LogP contribution is 2.29. The van der Waals surface area contributed by atoms with Crippen molar-refractivity contribution in [3.8, 4) is 5.75 Å². The van der Waals surface area contributed by atoms with Crippen LogP contribution in [0.2, 0.25) is 5.02 Å². The Morgan fingerprint density at radius 2 is 2.25 bits per heavy atom. The molecule has 1 amide bonds. The summed E-state index contributed by atoms with van der Waals surface area (Å²) in [6, 6.07) is 3.03. The number of amides is 1. The number of nitrogens with one attached hydrogen (secondary N) is 1. The SMILES string of the molecule is COc1c(C(=O)NC2CC2)ccc(Cl)c1F. The van der Waals surface area contributed by atoms with E-state index in [1.54, 1.807) is 0 Å². The molecule has 0 spiro atoms. The largest absolute Gasteiger partial charge is 0.493 e. The van der Waals surface area contributed by atoms with Gasteiger partial charge in [0.1, 0.15) is 0 Å². The molecule has 0 radical (unpaired) electrons. The Morgan fingerprint density at radius 3 is 2.81 bits per heavy atom. The summed E-state index contributed by atoms with van der Waals surface area (Å²) in [5.74, 6) is -1.13. The van der Waals surface area contributed by atoms with Crippen LogP contribution in [0.1, 0.15) is 23.2 Å². The van der Waals surface area contributed by atoms with Gasteiger partial charge in [-0.1, -0.05) is 11.6 Å². The van der Waals surface area contributed by atoms with Crippen LogP contribution in [0.25, 0.3) is 0 Å². The summed E-state index contributed by atoms with van der Waals surface area (Å²) in [5, 5.41) is 2.71. The van der Waals surface area contributed by atoms with E-state index < -0.39 is 5.82 Å². The number of rotatable bonds is 3. The van der Waals surface area contributed by atoms with Crippen molar-refractivity contribution in [1.82, 2.24) is 5.32 Å². The molecule has 3 nitrogen and oxygen atoms in total. The van der Waals surface area contributed by atoms with E-state index in [2.05, 4.69) is 5.32 Å². The van der Waals surface area contributed by atoms with Gasteiger partial charge in [-0.15, -0.1) is 0 Å². The Morgan fingerprint density at radius 1 is 1.56 bits per heavy atom. The monoisotopic (exact) mass is 243 g/mol. The number of carbonyl (C=O) groups is 1. The van der Waals surface area contributed by atoms with Gasteiger partial charge in [-0.2, -0.15) is 0 Å². The maximum atomic E-state index is 13.5. The molecule has 0 aromatic heterocycles. The second kappa shape index (κ2) is 4.29. The zero-order valence-electron chi connectivity index (χ0n) is 8.72. The Balaban J connectivity index is 2.31. The fourth-order valence-electron chi connectivity index (χ4n) is 1.40. The lowest BCUT2D eigenvalue weighted by molar-refractivity contribution is 0.0947. The van der Waals surface area contributed by atoms with E-state index in [4.69, 9.17) is 16.3 Å². The van der Waals surface area contributed by atoms with Gasteiger partial charge in [-0.05, 0) is 25.0 Å². The fraction of sp³-hybridized carbons (Fsp3) is 0.364. The van der Waals surface area contributed by atoms with Crippen LogP contribution in [0.5, 0.6) is 5.75 Å². The van der Waals surface area contributed by atoms with E-state index in [1.807, 2.05) is 0 Å². The first-order valence-corrected chi connectivity index (χ1v) is 5.34. The Bertz CT molecular complexity index is 432. The molecule has 0 saturated heterocycles. The Kier molecular flexibility index (Phi) is 3.01. The molecule has 1 aromatic carbocycles. The van der Waals surface area contributed by atoms with Crippen LogP contribution in [0.15, 0.2) is 12.1 Å². The fourth-order valence-corrected chi connectivity index (χ4v) is 1.55. The van der Waals surface area contributed by atoms with Crippen LogP contribution in [-0.4, -0.2) is 19.1 Å². The third-order valence-corrected chi connectivity index (χ3v) is 2.70. The Labute approximate surface area is 97.5 Å². The predicted molar refractivity (Wildman–Crippen MR) is 58.5 cm³/mol. The highest BCUT2D eigenvalue weighted by Gasteiger charge is 2.26. The molecule has 1 saturated carbocycles.